The Bertz CT molecular complexity index is 638. The van der Waals surface area contributed by atoms with Crippen LogP contribution in [0.5, 0.6) is 0 Å². The molecule has 3 N–H and O–H groups in total. The molecule has 0 radical (unpaired) electrons. The molecule has 0 saturated heterocycles. The van der Waals surface area contributed by atoms with E-state index in [1.807, 2.05) is 24.4 Å². The van der Waals surface area contributed by atoms with Gasteiger partial charge in [0, 0.05) is 17.5 Å². The first kappa shape index (κ1) is 12.9. The second kappa shape index (κ2) is 5.48. The van der Waals surface area contributed by atoms with Crippen molar-refractivity contribution in [2.24, 2.45) is 5.73 Å². The second-order valence-corrected chi connectivity index (χ2v) is 5.50. The minimum absolute atomic E-state index is 0.296. The van der Waals surface area contributed by atoms with Gasteiger partial charge in [-0.1, -0.05) is 18.6 Å². The first-order valence-corrected chi connectivity index (χ1v) is 7.07. The lowest BCUT2D eigenvalue weighted by Crippen LogP contribution is -2.27. The van der Waals surface area contributed by atoms with E-state index in [2.05, 4.69) is 16.0 Å². The van der Waals surface area contributed by atoms with Crippen molar-refractivity contribution in [3.05, 3.63) is 41.9 Å². The third kappa shape index (κ3) is 2.59. The fourth-order valence-corrected chi connectivity index (χ4v) is 2.92. The van der Waals surface area contributed by atoms with Crippen LogP contribution in [0, 0.1) is 11.3 Å². The summed E-state index contributed by atoms with van der Waals surface area (Å²) in [4.78, 5) is 7.91. The van der Waals surface area contributed by atoms with Crippen molar-refractivity contribution < 1.29 is 0 Å². The van der Waals surface area contributed by atoms with Crippen LogP contribution in [0.1, 0.15) is 43.0 Å². The van der Waals surface area contributed by atoms with Gasteiger partial charge in [-0.3, -0.25) is 0 Å². The molecule has 1 heterocycles. The number of nitrogens with one attached hydrogen (secondary N) is 1. The Morgan fingerprint density at radius 3 is 3.05 bits per heavy atom. The topological polar surface area (TPSA) is 78.5 Å². The molecule has 20 heavy (non-hydrogen) atoms. The number of rotatable bonds is 2. The fourth-order valence-electron chi connectivity index (χ4n) is 2.92. The number of nitriles is 1. The number of hydrogen-bond donors (Lipinski definition) is 2. The molecule has 102 valence electrons. The highest BCUT2D eigenvalue weighted by molar-refractivity contribution is 5.60. The standard InChI is InChI=1S/C16H18N4/c17-9-11-3-1-4-12(7-11)15-10-19-16(20-15)13-5-2-6-14(18)8-13/h1,3-4,7,10,13-14H,2,5-6,8,18H2,(H,19,20). The maximum absolute atomic E-state index is 8.96. The summed E-state index contributed by atoms with van der Waals surface area (Å²) in [6, 6.07) is 10.0. The first-order chi connectivity index (χ1) is 9.76. The number of nitrogens with zero attached hydrogens (tertiary/aromatic N) is 2. The molecule has 2 atom stereocenters. The monoisotopic (exact) mass is 266 g/mol. The van der Waals surface area contributed by atoms with E-state index < -0.39 is 0 Å². The van der Waals surface area contributed by atoms with Gasteiger partial charge >= 0.3 is 0 Å². The Labute approximate surface area is 118 Å². The zero-order valence-corrected chi connectivity index (χ0v) is 11.3. The summed E-state index contributed by atoms with van der Waals surface area (Å²) < 4.78 is 0. The lowest BCUT2D eigenvalue weighted by molar-refractivity contribution is 0.383. The molecular weight excluding hydrogens is 248 g/mol. The van der Waals surface area contributed by atoms with Gasteiger partial charge in [0.1, 0.15) is 5.82 Å². The molecule has 0 amide bonds. The highest BCUT2D eigenvalue weighted by atomic mass is 14.9. The predicted octanol–water partition coefficient (Wildman–Crippen LogP) is 2.93. The lowest BCUT2D eigenvalue weighted by Gasteiger charge is -2.24. The zero-order valence-electron chi connectivity index (χ0n) is 11.3. The van der Waals surface area contributed by atoms with E-state index in [0.717, 1.165) is 36.3 Å². The molecule has 0 bridgehead atoms. The van der Waals surface area contributed by atoms with E-state index >= 15 is 0 Å². The van der Waals surface area contributed by atoms with E-state index in [0.29, 0.717) is 17.5 Å². The quantitative estimate of drug-likeness (QED) is 0.877. The van der Waals surface area contributed by atoms with Gasteiger partial charge in [0.05, 0.1) is 23.5 Å². The predicted molar refractivity (Wildman–Crippen MR) is 77.9 cm³/mol. The van der Waals surface area contributed by atoms with Gasteiger partial charge in [-0.25, -0.2) is 4.98 Å². The largest absolute Gasteiger partial charge is 0.342 e. The molecule has 1 fully saturated rings. The van der Waals surface area contributed by atoms with Crippen LogP contribution in [0.4, 0.5) is 0 Å². The maximum Gasteiger partial charge on any atom is 0.109 e. The summed E-state index contributed by atoms with van der Waals surface area (Å²) in [5.41, 5.74) is 8.68. The Morgan fingerprint density at radius 1 is 1.35 bits per heavy atom. The van der Waals surface area contributed by atoms with E-state index in [4.69, 9.17) is 11.0 Å². The molecule has 4 nitrogen and oxygen atoms in total. The van der Waals surface area contributed by atoms with Crippen molar-refractivity contribution >= 4 is 0 Å². The molecule has 3 rings (SSSR count). The van der Waals surface area contributed by atoms with Gasteiger partial charge < -0.3 is 10.7 Å². The summed E-state index contributed by atoms with van der Waals surface area (Å²) in [6.07, 6.45) is 6.30. The van der Waals surface area contributed by atoms with Crippen LogP contribution in [0.25, 0.3) is 11.3 Å². The summed E-state index contributed by atoms with van der Waals surface area (Å²) in [5, 5.41) is 8.96. The number of H-pyrrole nitrogens is 1. The van der Waals surface area contributed by atoms with E-state index in [1.54, 1.807) is 6.07 Å². The normalized spacial score (nSPS) is 22.4. The molecule has 1 aliphatic rings. The second-order valence-electron chi connectivity index (χ2n) is 5.50. The molecular formula is C16H18N4. The minimum Gasteiger partial charge on any atom is -0.342 e. The van der Waals surface area contributed by atoms with Crippen molar-refractivity contribution in [2.75, 3.05) is 0 Å². The van der Waals surface area contributed by atoms with E-state index in [-0.39, 0.29) is 0 Å². The van der Waals surface area contributed by atoms with Crippen LogP contribution < -0.4 is 5.73 Å². The van der Waals surface area contributed by atoms with Gasteiger partial charge in [0.25, 0.3) is 0 Å². The molecule has 1 aromatic heterocycles. The third-order valence-electron chi connectivity index (χ3n) is 4.00. The van der Waals surface area contributed by atoms with Gasteiger partial charge in [0.15, 0.2) is 0 Å². The minimum atomic E-state index is 0.296. The molecule has 1 aromatic carbocycles. The average Bonchev–Trinajstić information content (AvgIpc) is 2.97. The fraction of sp³-hybridized carbons (Fsp3) is 0.375. The highest BCUT2D eigenvalue weighted by Gasteiger charge is 2.23. The molecule has 1 saturated carbocycles. The SMILES string of the molecule is N#Cc1cccc(-c2cnc(C3CCCC(N)C3)[nH]2)c1. The van der Waals surface area contributed by atoms with Crippen molar-refractivity contribution in [1.82, 2.24) is 9.97 Å². The van der Waals surface area contributed by atoms with Gasteiger partial charge in [-0.2, -0.15) is 5.26 Å². The summed E-state index contributed by atoms with van der Waals surface area (Å²) in [5.74, 6) is 1.46. The molecule has 2 aromatic rings. The molecule has 2 unspecified atom stereocenters. The summed E-state index contributed by atoms with van der Waals surface area (Å²) in [6.45, 7) is 0. The maximum atomic E-state index is 8.96. The number of imidazole rings is 1. The molecule has 1 aliphatic carbocycles. The van der Waals surface area contributed by atoms with Gasteiger partial charge in [0.2, 0.25) is 0 Å². The van der Waals surface area contributed by atoms with Crippen molar-refractivity contribution in [3.63, 3.8) is 0 Å². The first-order valence-electron chi connectivity index (χ1n) is 7.07. The van der Waals surface area contributed by atoms with Crippen molar-refractivity contribution in [1.29, 1.82) is 5.26 Å². The highest BCUT2D eigenvalue weighted by Crippen LogP contribution is 2.31. The van der Waals surface area contributed by atoms with E-state index in [1.165, 1.54) is 6.42 Å². The molecule has 0 spiro atoms. The summed E-state index contributed by atoms with van der Waals surface area (Å²) in [7, 11) is 0. The number of benzene rings is 1. The Kier molecular flexibility index (Phi) is 3.53. The van der Waals surface area contributed by atoms with Crippen LogP contribution in [-0.2, 0) is 0 Å². The number of nitrogens with two attached hydrogens (primary N) is 1. The van der Waals surface area contributed by atoms with Crippen LogP contribution in [0.2, 0.25) is 0 Å². The smallest absolute Gasteiger partial charge is 0.109 e. The Balaban J connectivity index is 1.84. The molecule has 4 heteroatoms. The van der Waals surface area contributed by atoms with Crippen LogP contribution in [0.3, 0.4) is 0 Å². The van der Waals surface area contributed by atoms with Gasteiger partial charge in [-0.05, 0) is 31.4 Å². The number of aromatic amines is 1. The third-order valence-corrected chi connectivity index (χ3v) is 4.00. The van der Waals surface area contributed by atoms with Crippen LogP contribution >= 0.6 is 0 Å². The lowest BCUT2D eigenvalue weighted by atomic mass is 9.86. The van der Waals surface area contributed by atoms with E-state index in [9.17, 15) is 0 Å². The zero-order chi connectivity index (χ0) is 13.9. The van der Waals surface area contributed by atoms with Crippen molar-refractivity contribution in [2.45, 2.75) is 37.6 Å². The van der Waals surface area contributed by atoms with Crippen LogP contribution in [0.15, 0.2) is 30.5 Å². The average molecular weight is 266 g/mol. The van der Waals surface area contributed by atoms with Gasteiger partial charge in [-0.15, -0.1) is 0 Å². The Morgan fingerprint density at radius 2 is 2.25 bits per heavy atom. The number of aromatic nitrogens is 2. The number of hydrogen-bond acceptors (Lipinski definition) is 3. The van der Waals surface area contributed by atoms with Crippen molar-refractivity contribution in [3.8, 4) is 17.3 Å². The van der Waals surface area contributed by atoms with Crippen LogP contribution in [-0.4, -0.2) is 16.0 Å². The Hall–Kier alpha value is -2.12. The molecule has 0 aliphatic heterocycles. The summed E-state index contributed by atoms with van der Waals surface area (Å²) >= 11 is 0.